The van der Waals surface area contributed by atoms with Crippen LogP contribution in [0.15, 0.2) is 24.3 Å². The molecule has 2 unspecified atom stereocenters. The van der Waals surface area contributed by atoms with Crippen LogP contribution < -0.4 is 0 Å². The van der Waals surface area contributed by atoms with E-state index in [4.69, 9.17) is 27.9 Å². The van der Waals surface area contributed by atoms with Gasteiger partial charge in [-0.1, -0.05) is 48.3 Å². The molecule has 23 heavy (non-hydrogen) atoms. The van der Waals surface area contributed by atoms with Gasteiger partial charge in [0.05, 0.1) is 0 Å². The Morgan fingerprint density at radius 2 is 2.09 bits per heavy atom. The summed E-state index contributed by atoms with van der Waals surface area (Å²) < 4.78 is 5.21. The number of benzene rings is 1. The largest absolute Gasteiger partial charge is 0.430 e. The molecular weight excluding hydrogens is 337 g/mol. The van der Waals surface area contributed by atoms with Crippen molar-refractivity contribution in [2.24, 2.45) is 0 Å². The molecule has 0 saturated heterocycles. The van der Waals surface area contributed by atoms with E-state index in [2.05, 4.69) is 0 Å². The highest BCUT2D eigenvalue weighted by molar-refractivity contribution is 6.31. The SMILES string of the molecule is CCC(Cl)OC(=O)N(C)C1(c2ccccc2Cl)CCCCC1=O. The van der Waals surface area contributed by atoms with Crippen LogP contribution >= 0.6 is 23.2 Å². The summed E-state index contributed by atoms with van der Waals surface area (Å²) in [6.07, 6.45) is 2.49. The van der Waals surface area contributed by atoms with Crippen LogP contribution in [0.4, 0.5) is 4.79 Å². The fourth-order valence-electron chi connectivity index (χ4n) is 3.06. The maximum absolute atomic E-state index is 12.8. The van der Waals surface area contributed by atoms with Gasteiger partial charge >= 0.3 is 6.09 Å². The number of rotatable bonds is 4. The third kappa shape index (κ3) is 3.48. The van der Waals surface area contributed by atoms with E-state index < -0.39 is 17.2 Å². The molecule has 2 rings (SSSR count). The van der Waals surface area contributed by atoms with Crippen molar-refractivity contribution in [3.05, 3.63) is 34.9 Å². The summed E-state index contributed by atoms with van der Waals surface area (Å²) in [5, 5.41) is 0.473. The number of alkyl halides is 1. The molecule has 0 radical (unpaired) electrons. The number of ketones is 1. The van der Waals surface area contributed by atoms with E-state index in [1.54, 1.807) is 25.2 Å². The second-order valence-electron chi connectivity index (χ2n) is 5.73. The molecule has 4 nitrogen and oxygen atoms in total. The van der Waals surface area contributed by atoms with Gasteiger partial charge in [-0.3, -0.25) is 9.69 Å². The summed E-state index contributed by atoms with van der Waals surface area (Å²) in [7, 11) is 1.58. The number of amides is 1. The average Bonchev–Trinajstić information content (AvgIpc) is 2.55. The molecule has 0 aromatic heterocycles. The van der Waals surface area contributed by atoms with E-state index in [9.17, 15) is 9.59 Å². The van der Waals surface area contributed by atoms with E-state index in [0.29, 0.717) is 29.8 Å². The van der Waals surface area contributed by atoms with Crippen LogP contribution in [-0.4, -0.2) is 29.4 Å². The molecule has 0 heterocycles. The van der Waals surface area contributed by atoms with Crippen LogP contribution in [0.5, 0.6) is 0 Å². The van der Waals surface area contributed by atoms with Crippen LogP contribution in [0.25, 0.3) is 0 Å². The minimum atomic E-state index is -1.09. The van der Waals surface area contributed by atoms with Crippen molar-refractivity contribution in [1.29, 1.82) is 0 Å². The molecule has 2 atom stereocenters. The van der Waals surface area contributed by atoms with Gasteiger partial charge in [-0.05, 0) is 31.7 Å². The van der Waals surface area contributed by atoms with Crippen molar-refractivity contribution in [3.63, 3.8) is 0 Å². The van der Waals surface area contributed by atoms with Crippen molar-refractivity contribution in [3.8, 4) is 0 Å². The minimum Gasteiger partial charge on any atom is -0.430 e. The van der Waals surface area contributed by atoms with E-state index in [1.807, 2.05) is 13.0 Å². The third-order valence-corrected chi connectivity index (χ3v) is 5.10. The van der Waals surface area contributed by atoms with E-state index in [0.717, 1.165) is 12.8 Å². The lowest BCUT2D eigenvalue weighted by atomic mass is 9.74. The van der Waals surface area contributed by atoms with Crippen molar-refractivity contribution in [2.75, 3.05) is 7.05 Å². The summed E-state index contributed by atoms with van der Waals surface area (Å²) >= 11 is 12.3. The van der Waals surface area contributed by atoms with E-state index >= 15 is 0 Å². The number of ether oxygens (including phenoxy) is 1. The molecule has 1 fully saturated rings. The quantitative estimate of drug-likeness (QED) is 0.732. The summed E-state index contributed by atoms with van der Waals surface area (Å²) in [4.78, 5) is 26.7. The predicted octanol–water partition coefficient (Wildman–Crippen LogP) is 4.72. The van der Waals surface area contributed by atoms with Gasteiger partial charge in [0, 0.05) is 24.1 Å². The van der Waals surface area contributed by atoms with Crippen molar-refractivity contribution in [1.82, 2.24) is 4.90 Å². The Hall–Kier alpha value is -1.26. The first-order chi connectivity index (χ1) is 10.9. The van der Waals surface area contributed by atoms with Gasteiger partial charge in [0.25, 0.3) is 0 Å². The second kappa shape index (κ2) is 7.54. The summed E-state index contributed by atoms with van der Waals surface area (Å²) in [6, 6.07) is 7.15. The zero-order chi connectivity index (χ0) is 17.0. The highest BCUT2D eigenvalue weighted by atomic mass is 35.5. The number of carbonyl (C=O) groups excluding carboxylic acids is 2. The minimum absolute atomic E-state index is 0.0149. The number of hydrogen-bond acceptors (Lipinski definition) is 3. The Morgan fingerprint density at radius 3 is 2.70 bits per heavy atom. The zero-order valence-electron chi connectivity index (χ0n) is 13.4. The van der Waals surface area contributed by atoms with Gasteiger partial charge in [0.2, 0.25) is 0 Å². The Balaban J connectivity index is 2.44. The second-order valence-corrected chi connectivity index (χ2v) is 6.63. The number of nitrogens with zero attached hydrogens (tertiary/aromatic N) is 1. The topological polar surface area (TPSA) is 46.6 Å². The molecule has 0 bridgehead atoms. The van der Waals surface area contributed by atoms with E-state index in [1.165, 1.54) is 4.90 Å². The normalized spacial score (nSPS) is 22.5. The third-order valence-electron chi connectivity index (χ3n) is 4.37. The Bertz CT molecular complexity index is 593. The Morgan fingerprint density at radius 1 is 1.39 bits per heavy atom. The fraction of sp³-hybridized carbons (Fsp3) is 0.529. The lowest BCUT2D eigenvalue weighted by Crippen LogP contribution is -2.54. The average molecular weight is 358 g/mol. The first-order valence-electron chi connectivity index (χ1n) is 7.80. The lowest BCUT2D eigenvalue weighted by molar-refractivity contribution is -0.133. The molecule has 0 spiro atoms. The van der Waals surface area contributed by atoms with Crippen LogP contribution in [0, 0.1) is 0 Å². The van der Waals surface area contributed by atoms with Gasteiger partial charge < -0.3 is 4.74 Å². The summed E-state index contributed by atoms with van der Waals surface area (Å²) in [5.74, 6) is -0.0149. The molecule has 1 aromatic carbocycles. The van der Waals surface area contributed by atoms with Crippen LogP contribution in [-0.2, 0) is 15.1 Å². The number of halogens is 2. The maximum atomic E-state index is 12.8. The standard InChI is InChI=1S/C17H21Cl2NO3/c1-3-15(19)23-16(22)20(2)17(11-7-6-10-14(17)21)12-8-4-5-9-13(12)18/h4-5,8-9,15H,3,6-7,10-11H2,1-2H3. The van der Waals surface area contributed by atoms with Crippen LogP contribution in [0.1, 0.15) is 44.6 Å². The number of likely N-dealkylation sites (N-methyl/N-ethyl adjacent to an activating group) is 1. The van der Waals surface area contributed by atoms with Gasteiger partial charge in [-0.15, -0.1) is 0 Å². The molecule has 1 aromatic rings. The molecule has 1 saturated carbocycles. The predicted molar refractivity (Wildman–Crippen MR) is 90.8 cm³/mol. The fourth-order valence-corrected chi connectivity index (χ4v) is 3.43. The molecule has 1 aliphatic rings. The lowest BCUT2D eigenvalue weighted by Gasteiger charge is -2.43. The maximum Gasteiger partial charge on any atom is 0.412 e. The van der Waals surface area contributed by atoms with Crippen molar-refractivity contribution < 1.29 is 14.3 Å². The van der Waals surface area contributed by atoms with Gasteiger partial charge in [0.15, 0.2) is 11.3 Å². The molecule has 126 valence electrons. The smallest absolute Gasteiger partial charge is 0.412 e. The molecule has 0 N–H and O–H groups in total. The van der Waals surface area contributed by atoms with Crippen LogP contribution in [0.3, 0.4) is 0 Å². The number of hydrogen-bond donors (Lipinski definition) is 0. The summed E-state index contributed by atoms with van der Waals surface area (Å²) in [6.45, 7) is 1.82. The summed E-state index contributed by atoms with van der Waals surface area (Å²) in [5.41, 5.74) is -1.15. The molecule has 0 aliphatic heterocycles. The van der Waals surface area contributed by atoms with Crippen molar-refractivity contribution >= 4 is 35.1 Å². The highest BCUT2D eigenvalue weighted by Gasteiger charge is 2.48. The monoisotopic (exact) mass is 357 g/mol. The number of carbonyl (C=O) groups is 2. The molecule has 1 aliphatic carbocycles. The first kappa shape index (κ1) is 18.1. The molecule has 1 amide bonds. The Labute approximate surface area is 146 Å². The van der Waals surface area contributed by atoms with Gasteiger partial charge in [0.1, 0.15) is 5.54 Å². The van der Waals surface area contributed by atoms with E-state index in [-0.39, 0.29) is 5.78 Å². The molecular formula is C17H21Cl2NO3. The number of Topliss-reactive ketones (excluding diaryl/α,β-unsaturated/α-hetero) is 1. The van der Waals surface area contributed by atoms with Gasteiger partial charge in [-0.2, -0.15) is 0 Å². The van der Waals surface area contributed by atoms with Gasteiger partial charge in [-0.25, -0.2) is 4.79 Å². The highest BCUT2D eigenvalue weighted by Crippen LogP contribution is 2.42. The van der Waals surface area contributed by atoms with Crippen molar-refractivity contribution in [2.45, 2.75) is 50.1 Å². The van der Waals surface area contributed by atoms with Crippen LogP contribution in [0.2, 0.25) is 5.02 Å². The Kier molecular flexibility index (Phi) is 5.93. The first-order valence-corrected chi connectivity index (χ1v) is 8.61. The molecule has 6 heteroatoms. The zero-order valence-corrected chi connectivity index (χ0v) is 14.9.